The van der Waals surface area contributed by atoms with Gasteiger partial charge in [0.05, 0.1) is 0 Å². The Morgan fingerprint density at radius 3 is 2.69 bits per heavy atom. The molecule has 1 aromatic rings. The molecule has 0 saturated heterocycles. The van der Waals surface area contributed by atoms with Crippen molar-refractivity contribution < 1.29 is 0 Å². The van der Waals surface area contributed by atoms with Crippen molar-refractivity contribution in [1.29, 1.82) is 0 Å². The summed E-state index contributed by atoms with van der Waals surface area (Å²) in [5, 5.41) is 0. The van der Waals surface area contributed by atoms with Crippen molar-refractivity contribution >= 4 is 0 Å². The van der Waals surface area contributed by atoms with Crippen LogP contribution in [0.4, 0.5) is 0 Å². The molecule has 1 nitrogen and oxygen atoms in total. The van der Waals surface area contributed by atoms with E-state index in [4.69, 9.17) is 0 Å². The van der Waals surface area contributed by atoms with Gasteiger partial charge >= 0.3 is 0 Å². The molecule has 0 aromatic heterocycles. The third-order valence-corrected chi connectivity index (χ3v) is 3.67. The fourth-order valence-electron chi connectivity index (χ4n) is 2.64. The van der Waals surface area contributed by atoms with Crippen LogP contribution in [0.3, 0.4) is 0 Å². The van der Waals surface area contributed by atoms with Crippen LogP contribution < -0.4 is 0 Å². The molecule has 84 valence electrons. The fourth-order valence-corrected chi connectivity index (χ4v) is 2.64. The van der Waals surface area contributed by atoms with Gasteiger partial charge in [-0.15, -0.1) is 0 Å². The molecule has 1 heteroatoms. The van der Waals surface area contributed by atoms with Gasteiger partial charge in [0.25, 0.3) is 0 Å². The Bertz CT molecular complexity index is 364. The number of hydrogen-bond acceptors (Lipinski definition) is 1. The first-order valence-corrected chi connectivity index (χ1v) is 6.38. The lowest BCUT2D eigenvalue weighted by Gasteiger charge is -2.32. The minimum atomic E-state index is 0.717. The van der Waals surface area contributed by atoms with Crippen LogP contribution in [0.2, 0.25) is 0 Å². The van der Waals surface area contributed by atoms with Gasteiger partial charge in [0, 0.05) is 19.1 Å². The summed E-state index contributed by atoms with van der Waals surface area (Å²) in [6, 6.07) is 11.6. The number of benzene rings is 1. The Kier molecular flexibility index (Phi) is 2.79. The van der Waals surface area contributed by atoms with Gasteiger partial charge in [-0.1, -0.05) is 42.5 Å². The van der Waals surface area contributed by atoms with E-state index in [2.05, 4.69) is 47.4 Å². The van der Waals surface area contributed by atoms with Crippen molar-refractivity contribution in [2.75, 3.05) is 6.54 Å². The van der Waals surface area contributed by atoms with Crippen LogP contribution in [0.15, 0.2) is 42.5 Å². The predicted octanol–water partition coefficient (Wildman–Crippen LogP) is 3.23. The van der Waals surface area contributed by atoms with Gasteiger partial charge in [-0.05, 0) is 30.7 Å². The van der Waals surface area contributed by atoms with E-state index in [1.807, 2.05) is 0 Å². The molecule has 1 fully saturated rings. The van der Waals surface area contributed by atoms with Gasteiger partial charge in [0.1, 0.15) is 0 Å². The van der Waals surface area contributed by atoms with Crippen molar-refractivity contribution in [2.45, 2.75) is 31.8 Å². The van der Waals surface area contributed by atoms with E-state index in [0.29, 0.717) is 6.04 Å². The van der Waals surface area contributed by atoms with Gasteiger partial charge in [0.15, 0.2) is 0 Å². The molecule has 0 N–H and O–H groups in total. The van der Waals surface area contributed by atoms with E-state index >= 15 is 0 Å². The average molecular weight is 213 g/mol. The Balaban J connectivity index is 1.71. The van der Waals surface area contributed by atoms with Crippen LogP contribution in [0.25, 0.3) is 0 Å². The van der Waals surface area contributed by atoms with Gasteiger partial charge in [-0.25, -0.2) is 0 Å². The van der Waals surface area contributed by atoms with Gasteiger partial charge in [0.2, 0.25) is 0 Å². The van der Waals surface area contributed by atoms with Crippen LogP contribution in [0.1, 0.15) is 24.8 Å². The molecule has 1 heterocycles. The standard InChI is InChI=1S/C15H19N/c1-2-6-13(7-3-1)12-16-11-5-4-8-15(16)14-9-10-14/h1-4,6-8,14-15H,5,9-12H2. The second kappa shape index (κ2) is 4.42. The summed E-state index contributed by atoms with van der Waals surface area (Å²) in [6.45, 7) is 2.35. The zero-order valence-electron chi connectivity index (χ0n) is 9.68. The summed E-state index contributed by atoms with van der Waals surface area (Å²) in [7, 11) is 0. The molecule has 1 aromatic carbocycles. The van der Waals surface area contributed by atoms with Crippen molar-refractivity contribution in [3.05, 3.63) is 48.0 Å². The molecule has 0 radical (unpaired) electrons. The molecule has 0 amide bonds. The van der Waals surface area contributed by atoms with Crippen LogP contribution in [-0.2, 0) is 6.54 Å². The summed E-state index contributed by atoms with van der Waals surface area (Å²) in [4.78, 5) is 2.65. The topological polar surface area (TPSA) is 3.24 Å². The third kappa shape index (κ3) is 2.19. The predicted molar refractivity (Wildman–Crippen MR) is 67.1 cm³/mol. The maximum atomic E-state index is 2.65. The molecule has 1 saturated carbocycles. The highest BCUT2D eigenvalue weighted by Crippen LogP contribution is 2.37. The molecule has 2 aliphatic rings. The van der Waals surface area contributed by atoms with E-state index in [-0.39, 0.29) is 0 Å². The van der Waals surface area contributed by atoms with Crippen molar-refractivity contribution in [3.8, 4) is 0 Å². The molecule has 0 spiro atoms. The number of hydrogen-bond donors (Lipinski definition) is 0. The first-order valence-electron chi connectivity index (χ1n) is 6.38. The zero-order chi connectivity index (χ0) is 10.8. The minimum Gasteiger partial charge on any atom is -0.292 e. The molecule has 1 unspecified atom stereocenters. The summed E-state index contributed by atoms with van der Waals surface area (Å²) < 4.78 is 0. The molecule has 16 heavy (non-hydrogen) atoms. The summed E-state index contributed by atoms with van der Waals surface area (Å²) in [6.07, 6.45) is 8.88. The Hall–Kier alpha value is -1.08. The summed E-state index contributed by atoms with van der Waals surface area (Å²) in [5.41, 5.74) is 1.45. The maximum Gasteiger partial charge on any atom is 0.0310 e. The second-order valence-electron chi connectivity index (χ2n) is 5.00. The molecule has 1 atom stereocenters. The first kappa shape index (κ1) is 10.1. The number of rotatable bonds is 3. The monoisotopic (exact) mass is 213 g/mol. The quantitative estimate of drug-likeness (QED) is 0.697. The highest BCUT2D eigenvalue weighted by molar-refractivity contribution is 5.16. The molecular weight excluding hydrogens is 194 g/mol. The molecule has 1 aliphatic heterocycles. The third-order valence-electron chi connectivity index (χ3n) is 3.67. The summed E-state index contributed by atoms with van der Waals surface area (Å²) >= 11 is 0. The van der Waals surface area contributed by atoms with Crippen LogP contribution in [0.5, 0.6) is 0 Å². The Morgan fingerprint density at radius 2 is 1.94 bits per heavy atom. The van der Waals surface area contributed by atoms with Gasteiger partial charge in [-0.3, -0.25) is 4.90 Å². The van der Waals surface area contributed by atoms with E-state index in [1.54, 1.807) is 0 Å². The minimum absolute atomic E-state index is 0.717. The lowest BCUT2D eigenvalue weighted by atomic mass is 10.0. The smallest absolute Gasteiger partial charge is 0.0310 e. The highest BCUT2D eigenvalue weighted by Gasteiger charge is 2.34. The van der Waals surface area contributed by atoms with E-state index in [0.717, 1.165) is 12.5 Å². The SMILES string of the molecule is C1=CC(C2CC2)N(Cc2ccccc2)CC1. The maximum absolute atomic E-state index is 2.65. The fraction of sp³-hybridized carbons (Fsp3) is 0.467. The van der Waals surface area contributed by atoms with E-state index in [1.165, 1.54) is 31.4 Å². The van der Waals surface area contributed by atoms with Crippen LogP contribution in [-0.4, -0.2) is 17.5 Å². The number of nitrogens with zero attached hydrogens (tertiary/aromatic N) is 1. The highest BCUT2D eigenvalue weighted by atomic mass is 15.2. The zero-order valence-corrected chi connectivity index (χ0v) is 9.68. The van der Waals surface area contributed by atoms with Crippen LogP contribution in [0, 0.1) is 5.92 Å². The van der Waals surface area contributed by atoms with Crippen molar-refractivity contribution in [1.82, 2.24) is 4.90 Å². The molecule has 3 rings (SSSR count). The van der Waals surface area contributed by atoms with Crippen molar-refractivity contribution in [3.63, 3.8) is 0 Å². The lowest BCUT2D eigenvalue weighted by molar-refractivity contribution is 0.196. The van der Waals surface area contributed by atoms with Crippen LogP contribution >= 0.6 is 0 Å². The largest absolute Gasteiger partial charge is 0.292 e. The Labute approximate surface area is 97.8 Å². The normalized spacial score (nSPS) is 25.9. The van der Waals surface area contributed by atoms with E-state index in [9.17, 15) is 0 Å². The van der Waals surface area contributed by atoms with Gasteiger partial charge < -0.3 is 0 Å². The first-order chi connectivity index (χ1) is 7.93. The molecular formula is C15H19N. The Morgan fingerprint density at radius 1 is 1.12 bits per heavy atom. The summed E-state index contributed by atoms with van der Waals surface area (Å²) in [5.74, 6) is 0.945. The lowest BCUT2D eigenvalue weighted by Crippen LogP contribution is -2.37. The van der Waals surface area contributed by atoms with E-state index < -0.39 is 0 Å². The second-order valence-corrected chi connectivity index (χ2v) is 5.00. The average Bonchev–Trinajstić information content (AvgIpc) is 3.15. The van der Waals surface area contributed by atoms with Gasteiger partial charge in [-0.2, -0.15) is 0 Å². The molecule has 0 bridgehead atoms. The van der Waals surface area contributed by atoms with Crippen molar-refractivity contribution in [2.24, 2.45) is 5.92 Å². The molecule has 1 aliphatic carbocycles.